The molecule has 1 N–H and O–H groups in total. The van der Waals surface area contributed by atoms with Crippen molar-refractivity contribution in [2.45, 2.75) is 19.4 Å². The molecule has 3 nitrogen and oxygen atoms in total. The van der Waals surface area contributed by atoms with Crippen LogP contribution in [0.2, 0.25) is 0 Å². The molecule has 0 saturated carbocycles. The summed E-state index contributed by atoms with van der Waals surface area (Å²) in [7, 11) is 0. The lowest BCUT2D eigenvalue weighted by Crippen LogP contribution is -2.31. The predicted octanol–water partition coefficient (Wildman–Crippen LogP) is 2.89. The zero-order valence-corrected chi connectivity index (χ0v) is 12.4. The third-order valence-corrected chi connectivity index (χ3v) is 3.95. The van der Waals surface area contributed by atoms with E-state index in [-0.39, 0.29) is 11.7 Å². The van der Waals surface area contributed by atoms with Gasteiger partial charge in [-0.05, 0) is 35.7 Å². The first-order chi connectivity index (χ1) is 10.7. The van der Waals surface area contributed by atoms with Gasteiger partial charge in [-0.1, -0.05) is 30.3 Å². The van der Waals surface area contributed by atoms with E-state index < -0.39 is 0 Å². The molecule has 1 aliphatic rings. The van der Waals surface area contributed by atoms with E-state index in [9.17, 15) is 9.18 Å². The highest BCUT2D eigenvalue weighted by Gasteiger charge is 2.23. The highest BCUT2D eigenvalue weighted by molar-refractivity contribution is 5.95. The van der Waals surface area contributed by atoms with Gasteiger partial charge < -0.3 is 10.2 Å². The van der Waals surface area contributed by atoms with Gasteiger partial charge in [0.15, 0.2) is 0 Å². The van der Waals surface area contributed by atoms with Crippen LogP contribution < -0.4 is 10.2 Å². The van der Waals surface area contributed by atoms with Gasteiger partial charge in [-0.15, -0.1) is 0 Å². The van der Waals surface area contributed by atoms with Crippen molar-refractivity contribution in [3.05, 3.63) is 65.5 Å². The summed E-state index contributed by atoms with van der Waals surface area (Å²) in [6.45, 7) is 2.04. The number of hydrogen-bond donors (Lipinski definition) is 1. The van der Waals surface area contributed by atoms with Gasteiger partial charge >= 0.3 is 0 Å². The Balaban J connectivity index is 1.46. The van der Waals surface area contributed by atoms with E-state index in [1.165, 1.54) is 17.7 Å². The number of hydrogen-bond acceptors (Lipinski definition) is 2. The molecule has 4 heteroatoms. The maximum Gasteiger partial charge on any atom is 0.228 e. The Morgan fingerprint density at radius 3 is 2.73 bits per heavy atom. The summed E-state index contributed by atoms with van der Waals surface area (Å²) >= 11 is 0. The molecule has 0 saturated heterocycles. The van der Waals surface area contributed by atoms with Crippen LogP contribution >= 0.6 is 0 Å². The first kappa shape index (κ1) is 14.7. The van der Waals surface area contributed by atoms with Gasteiger partial charge in [-0.2, -0.15) is 0 Å². The van der Waals surface area contributed by atoms with Crippen molar-refractivity contribution >= 4 is 11.6 Å². The fourth-order valence-corrected chi connectivity index (χ4v) is 2.76. The Bertz CT molecular complexity index is 654. The highest BCUT2D eigenvalue weighted by Crippen LogP contribution is 2.27. The monoisotopic (exact) mass is 298 g/mol. The molecule has 22 heavy (non-hydrogen) atoms. The van der Waals surface area contributed by atoms with E-state index in [1.807, 2.05) is 23.1 Å². The van der Waals surface area contributed by atoms with Gasteiger partial charge in [0.2, 0.25) is 5.91 Å². The normalized spacial score (nSPS) is 13.2. The summed E-state index contributed by atoms with van der Waals surface area (Å²) in [5, 5.41) is 3.23. The molecule has 0 unspecified atom stereocenters. The Hall–Kier alpha value is -2.20. The molecule has 0 spiro atoms. The van der Waals surface area contributed by atoms with E-state index in [0.717, 1.165) is 24.2 Å². The Kier molecular flexibility index (Phi) is 4.49. The van der Waals surface area contributed by atoms with Crippen molar-refractivity contribution in [2.24, 2.45) is 0 Å². The largest absolute Gasteiger partial charge is 0.312 e. The van der Waals surface area contributed by atoms with Crippen molar-refractivity contribution in [3.8, 4) is 0 Å². The van der Waals surface area contributed by atoms with Crippen LogP contribution in [0.3, 0.4) is 0 Å². The van der Waals surface area contributed by atoms with Gasteiger partial charge in [0.25, 0.3) is 0 Å². The molecular formula is C18H19FN2O. The number of anilines is 1. The van der Waals surface area contributed by atoms with Gasteiger partial charge in [-0.3, -0.25) is 4.79 Å². The molecule has 1 amide bonds. The van der Waals surface area contributed by atoms with E-state index in [4.69, 9.17) is 0 Å². The van der Waals surface area contributed by atoms with Crippen LogP contribution in [0.25, 0.3) is 0 Å². The molecule has 114 valence electrons. The molecule has 0 radical (unpaired) electrons. The number of nitrogens with one attached hydrogen (secondary N) is 1. The zero-order chi connectivity index (χ0) is 15.4. The van der Waals surface area contributed by atoms with E-state index in [2.05, 4.69) is 11.4 Å². The second-order valence-corrected chi connectivity index (χ2v) is 5.48. The quantitative estimate of drug-likeness (QED) is 0.861. The minimum atomic E-state index is -0.230. The first-order valence-corrected chi connectivity index (χ1v) is 7.57. The van der Waals surface area contributed by atoms with Crippen molar-refractivity contribution < 1.29 is 9.18 Å². The summed E-state index contributed by atoms with van der Waals surface area (Å²) in [5.41, 5.74) is 3.31. The van der Waals surface area contributed by atoms with Crippen LogP contribution in [0, 0.1) is 5.82 Å². The van der Waals surface area contributed by atoms with Crippen LogP contribution in [0.15, 0.2) is 48.5 Å². The average Bonchev–Trinajstić information content (AvgIpc) is 2.97. The Morgan fingerprint density at radius 2 is 1.91 bits per heavy atom. The SMILES string of the molecule is O=C(CCNCc1ccc(F)cc1)N1CCc2ccccc21. The number of halogens is 1. The minimum Gasteiger partial charge on any atom is -0.312 e. The van der Waals surface area contributed by atoms with Crippen LogP contribution in [-0.2, 0) is 17.8 Å². The molecule has 0 atom stereocenters. The third-order valence-electron chi connectivity index (χ3n) is 3.95. The lowest BCUT2D eigenvalue weighted by molar-refractivity contribution is -0.118. The van der Waals surface area contributed by atoms with Crippen LogP contribution in [0.5, 0.6) is 0 Å². The molecule has 0 bridgehead atoms. The zero-order valence-electron chi connectivity index (χ0n) is 12.4. The summed E-state index contributed by atoms with van der Waals surface area (Å²) < 4.78 is 12.8. The van der Waals surface area contributed by atoms with Gasteiger partial charge in [0.1, 0.15) is 5.82 Å². The standard InChI is InChI=1S/C18H19FN2O/c19-16-7-5-14(6-8-16)13-20-11-9-18(22)21-12-10-15-3-1-2-4-17(15)21/h1-8,20H,9-13H2. The third kappa shape index (κ3) is 3.34. The molecule has 2 aromatic carbocycles. The molecule has 0 aromatic heterocycles. The lowest BCUT2D eigenvalue weighted by atomic mass is 10.2. The number of benzene rings is 2. The number of para-hydroxylation sites is 1. The highest BCUT2D eigenvalue weighted by atomic mass is 19.1. The number of carbonyl (C=O) groups excluding carboxylic acids is 1. The molecule has 0 fully saturated rings. The molecule has 2 aromatic rings. The fourth-order valence-electron chi connectivity index (χ4n) is 2.76. The number of nitrogens with zero attached hydrogens (tertiary/aromatic N) is 1. The number of carbonyl (C=O) groups is 1. The minimum absolute atomic E-state index is 0.150. The maximum atomic E-state index is 12.8. The number of amides is 1. The molecule has 1 heterocycles. The Morgan fingerprint density at radius 1 is 1.14 bits per heavy atom. The van der Waals surface area contributed by atoms with Gasteiger partial charge in [-0.25, -0.2) is 4.39 Å². The van der Waals surface area contributed by atoms with E-state index in [0.29, 0.717) is 19.5 Å². The van der Waals surface area contributed by atoms with Gasteiger partial charge in [0.05, 0.1) is 0 Å². The average molecular weight is 298 g/mol. The molecule has 3 rings (SSSR count). The van der Waals surface area contributed by atoms with E-state index in [1.54, 1.807) is 12.1 Å². The second kappa shape index (κ2) is 6.71. The number of fused-ring (bicyclic) bond motifs is 1. The summed E-state index contributed by atoms with van der Waals surface area (Å²) in [4.78, 5) is 14.2. The topological polar surface area (TPSA) is 32.3 Å². The van der Waals surface area contributed by atoms with Crippen molar-refractivity contribution in [1.82, 2.24) is 5.32 Å². The molecule has 1 aliphatic heterocycles. The van der Waals surface area contributed by atoms with Crippen LogP contribution in [0.4, 0.5) is 10.1 Å². The predicted molar refractivity (Wildman–Crippen MR) is 85.2 cm³/mol. The maximum absolute atomic E-state index is 12.8. The molecular weight excluding hydrogens is 279 g/mol. The lowest BCUT2D eigenvalue weighted by Gasteiger charge is -2.17. The Labute approximate surface area is 129 Å². The van der Waals surface area contributed by atoms with Crippen molar-refractivity contribution in [2.75, 3.05) is 18.0 Å². The number of rotatable bonds is 5. The fraction of sp³-hybridized carbons (Fsp3) is 0.278. The second-order valence-electron chi connectivity index (χ2n) is 5.48. The van der Waals surface area contributed by atoms with E-state index >= 15 is 0 Å². The smallest absolute Gasteiger partial charge is 0.228 e. The van der Waals surface area contributed by atoms with Crippen LogP contribution in [-0.4, -0.2) is 19.0 Å². The van der Waals surface area contributed by atoms with Crippen molar-refractivity contribution in [3.63, 3.8) is 0 Å². The summed E-state index contributed by atoms with van der Waals surface area (Å²) in [6.07, 6.45) is 1.40. The van der Waals surface area contributed by atoms with Crippen LogP contribution in [0.1, 0.15) is 17.5 Å². The summed E-state index contributed by atoms with van der Waals surface area (Å²) in [5.74, 6) is -0.0804. The summed E-state index contributed by atoms with van der Waals surface area (Å²) in [6, 6.07) is 14.5. The van der Waals surface area contributed by atoms with Gasteiger partial charge in [0, 0.05) is 31.7 Å². The van der Waals surface area contributed by atoms with Crippen molar-refractivity contribution in [1.29, 1.82) is 0 Å². The first-order valence-electron chi connectivity index (χ1n) is 7.57. The molecule has 0 aliphatic carbocycles.